The molecular weight excluding hydrogens is 310 g/mol. The lowest BCUT2D eigenvalue weighted by Gasteiger charge is -2.41. The zero-order valence-corrected chi connectivity index (χ0v) is 14.6. The molecule has 3 aliphatic rings. The molecule has 3 aliphatic heterocycles. The van der Waals surface area contributed by atoms with Crippen molar-refractivity contribution in [2.45, 2.75) is 50.7 Å². The molecule has 1 aromatic rings. The minimum Gasteiger partial charge on any atom is -0.373 e. The number of rotatable bonds is 2. The van der Waals surface area contributed by atoms with E-state index in [4.69, 9.17) is 4.74 Å². The predicted molar refractivity (Wildman–Crippen MR) is 89.9 cm³/mol. The van der Waals surface area contributed by atoms with Crippen LogP contribution in [0, 0.1) is 6.92 Å². The Balaban J connectivity index is 1.43. The third-order valence-electron chi connectivity index (χ3n) is 5.57. The van der Waals surface area contributed by atoms with Crippen molar-refractivity contribution in [2.24, 2.45) is 0 Å². The van der Waals surface area contributed by atoms with E-state index in [0.29, 0.717) is 11.7 Å². The molecule has 0 unspecified atom stereocenters. The summed E-state index contributed by atoms with van der Waals surface area (Å²) in [6.45, 7) is 6.77. The Morgan fingerprint density at radius 3 is 2.96 bits per heavy atom. The van der Waals surface area contributed by atoms with E-state index in [9.17, 15) is 4.79 Å². The van der Waals surface area contributed by atoms with Gasteiger partial charge in [0, 0.05) is 24.6 Å². The Labute approximate surface area is 141 Å². The maximum absolute atomic E-state index is 12.6. The first-order chi connectivity index (χ1) is 11.2. The summed E-state index contributed by atoms with van der Waals surface area (Å²) in [6, 6.07) is 0.641. The number of hydrogen-bond donors (Lipinski definition) is 0. The summed E-state index contributed by atoms with van der Waals surface area (Å²) >= 11 is 1.54. The Bertz CT molecular complexity index is 584. The molecule has 5 nitrogen and oxygen atoms in total. The molecule has 4 rings (SSSR count). The van der Waals surface area contributed by atoms with Gasteiger partial charge in [-0.1, -0.05) is 0 Å². The van der Waals surface area contributed by atoms with E-state index in [0.717, 1.165) is 44.0 Å². The molecule has 0 saturated carbocycles. The van der Waals surface area contributed by atoms with Gasteiger partial charge < -0.3 is 14.5 Å². The van der Waals surface area contributed by atoms with E-state index >= 15 is 0 Å². The van der Waals surface area contributed by atoms with E-state index in [-0.39, 0.29) is 11.5 Å². The smallest absolute Gasteiger partial charge is 0.273 e. The fourth-order valence-electron chi connectivity index (χ4n) is 4.35. The summed E-state index contributed by atoms with van der Waals surface area (Å²) in [5.74, 6) is 0.0677. The molecule has 1 amide bonds. The van der Waals surface area contributed by atoms with E-state index in [1.54, 1.807) is 0 Å². The Morgan fingerprint density at radius 2 is 2.22 bits per heavy atom. The molecule has 2 atom stereocenters. The molecule has 1 spiro atoms. The second-order valence-electron chi connectivity index (χ2n) is 7.15. The maximum atomic E-state index is 12.6. The van der Waals surface area contributed by atoms with Crippen LogP contribution >= 0.6 is 11.3 Å². The van der Waals surface area contributed by atoms with Crippen molar-refractivity contribution in [1.82, 2.24) is 14.8 Å². The van der Waals surface area contributed by atoms with Crippen LogP contribution in [0.3, 0.4) is 0 Å². The van der Waals surface area contributed by atoms with E-state index in [1.165, 1.54) is 37.3 Å². The molecular formula is C17H25N3O2S. The number of carbonyl (C=O) groups is 1. The first-order valence-electron chi connectivity index (χ1n) is 8.75. The summed E-state index contributed by atoms with van der Waals surface area (Å²) in [6.07, 6.45) is 5.84. The van der Waals surface area contributed by atoms with Crippen LogP contribution in [0.15, 0.2) is 5.38 Å². The van der Waals surface area contributed by atoms with Crippen molar-refractivity contribution < 1.29 is 9.53 Å². The molecule has 23 heavy (non-hydrogen) atoms. The van der Waals surface area contributed by atoms with E-state index in [2.05, 4.69) is 9.88 Å². The summed E-state index contributed by atoms with van der Waals surface area (Å²) < 4.78 is 6.20. The molecule has 0 N–H and O–H groups in total. The lowest BCUT2D eigenvalue weighted by molar-refractivity contribution is -0.0946. The number of nitrogens with zero attached hydrogens (tertiary/aromatic N) is 3. The van der Waals surface area contributed by atoms with Gasteiger partial charge in [-0.15, -0.1) is 11.3 Å². The third-order valence-corrected chi connectivity index (χ3v) is 6.34. The van der Waals surface area contributed by atoms with Gasteiger partial charge in [-0.25, -0.2) is 4.98 Å². The van der Waals surface area contributed by atoms with Crippen LogP contribution < -0.4 is 0 Å². The Hall–Kier alpha value is -0.980. The lowest BCUT2D eigenvalue weighted by atomic mass is 9.89. The second kappa shape index (κ2) is 6.15. The van der Waals surface area contributed by atoms with Gasteiger partial charge in [-0.05, 0) is 52.1 Å². The van der Waals surface area contributed by atoms with Crippen LogP contribution in [-0.2, 0) is 4.74 Å². The van der Waals surface area contributed by atoms with Crippen LogP contribution in [0.2, 0.25) is 0 Å². The quantitative estimate of drug-likeness (QED) is 0.832. The van der Waals surface area contributed by atoms with Gasteiger partial charge in [0.2, 0.25) is 0 Å². The SMILES string of the molecule is Cc1nc(C(=O)N2CC[C@@]3(C[C@H](N4CCCC4)CCO3)C2)cs1. The predicted octanol–water partition coefficient (Wildman–Crippen LogP) is 2.31. The van der Waals surface area contributed by atoms with Crippen LogP contribution in [0.5, 0.6) is 0 Å². The van der Waals surface area contributed by atoms with Gasteiger partial charge in [0.1, 0.15) is 5.69 Å². The van der Waals surface area contributed by atoms with E-state index < -0.39 is 0 Å². The number of aromatic nitrogens is 1. The van der Waals surface area contributed by atoms with E-state index in [1.807, 2.05) is 17.2 Å². The first kappa shape index (κ1) is 15.5. The fraction of sp³-hybridized carbons (Fsp3) is 0.765. The zero-order chi connectivity index (χ0) is 15.9. The van der Waals surface area contributed by atoms with Crippen molar-refractivity contribution in [3.8, 4) is 0 Å². The summed E-state index contributed by atoms with van der Waals surface area (Å²) in [5, 5.41) is 2.82. The van der Waals surface area contributed by atoms with Crippen LogP contribution in [0.4, 0.5) is 0 Å². The highest BCUT2D eigenvalue weighted by atomic mass is 32.1. The number of hydrogen-bond acceptors (Lipinski definition) is 5. The molecule has 3 saturated heterocycles. The monoisotopic (exact) mass is 335 g/mol. The average Bonchev–Trinajstić information content (AvgIpc) is 3.28. The van der Waals surface area contributed by atoms with Gasteiger partial charge in [-0.3, -0.25) is 4.79 Å². The molecule has 0 radical (unpaired) electrons. The normalized spacial score (nSPS) is 32.0. The van der Waals surface area contributed by atoms with Crippen molar-refractivity contribution in [3.05, 3.63) is 16.1 Å². The molecule has 0 bridgehead atoms. The number of carbonyl (C=O) groups excluding carboxylic acids is 1. The average molecular weight is 335 g/mol. The van der Waals surface area contributed by atoms with Gasteiger partial charge in [0.15, 0.2) is 0 Å². The number of aryl methyl sites for hydroxylation is 1. The largest absolute Gasteiger partial charge is 0.373 e. The molecule has 0 aliphatic carbocycles. The minimum atomic E-state index is -0.119. The molecule has 4 heterocycles. The Kier molecular flexibility index (Phi) is 4.15. The second-order valence-corrected chi connectivity index (χ2v) is 8.21. The van der Waals surface area contributed by atoms with Crippen LogP contribution in [-0.4, -0.2) is 65.1 Å². The molecule has 126 valence electrons. The maximum Gasteiger partial charge on any atom is 0.273 e. The topological polar surface area (TPSA) is 45.7 Å². The highest BCUT2D eigenvalue weighted by Gasteiger charge is 2.46. The third kappa shape index (κ3) is 3.04. The highest BCUT2D eigenvalue weighted by molar-refractivity contribution is 7.09. The molecule has 0 aromatic carbocycles. The van der Waals surface area contributed by atoms with Gasteiger partial charge in [0.25, 0.3) is 5.91 Å². The number of thiazole rings is 1. The van der Waals surface area contributed by atoms with Gasteiger partial charge in [-0.2, -0.15) is 0 Å². The highest BCUT2D eigenvalue weighted by Crippen LogP contribution is 2.37. The number of amides is 1. The lowest BCUT2D eigenvalue weighted by Crippen LogP contribution is -2.49. The fourth-order valence-corrected chi connectivity index (χ4v) is 4.93. The summed E-state index contributed by atoms with van der Waals surface area (Å²) in [7, 11) is 0. The standard InChI is InChI=1S/C17H25N3O2S/c1-13-18-15(11-23-13)16(21)20-8-5-17(12-20)10-14(4-9-22-17)19-6-2-3-7-19/h11,14H,2-10,12H2,1H3/t14-,17-/m1/s1. The number of ether oxygens (including phenoxy) is 1. The van der Waals surface area contributed by atoms with Crippen molar-refractivity contribution in [2.75, 3.05) is 32.8 Å². The van der Waals surface area contributed by atoms with Crippen LogP contribution in [0.1, 0.15) is 47.6 Å². The molecule has 6 heteroatoms. The van der Waals surface area contributed by atoms with Gasteiger partial charge in [0.05, 0.1) is 17.2 Å². The van der Waals surface area contributed by atoms with Gasteiger partial charge >= 0.3 is 0 Å². The molecule has 3 fully saturated rings. The zero-order valence-electron chi connectivity index (χ0n) is 13.8. The Morgan fingerprint density at radius 1 is 1.39 bits per heavy atom. The van der Waals surface area contributed by atoms with Crippen molar-refractivity contribution in [1.29, 1.82) is 0 Å². The summed E-state index contributed by atoms with van der Waals surface area (Å²) in [5.41, 5.74) is 0.475. The molecule has 1 aromatic heterocycles. The van der Waals surface area contributed by atoms with Crippen molar-refractivity contribution in [3.63, 3.8) is 0 Å². The minimum absolute atomic E-state index is 0.0677. The number of likely N-dealkylation sites (tertiary alicyclic amines) is 2. The summed E-state index contributed by atoms with van der Waals surface area (Å²) in [4.78, 5) is 21.6. The van der Waals surface area contributed by atoms with Crippen LogP contribution in [0.25, 0.3) is 0 Å². The first-order valence-corrected chi connectivity index (χ1v) is 9.63. The van der Waals surface area contributed by atoms with Crippen molar-refractivity contribution >= 4 is 17.2 Å².